The largest absolute Gasteiger partial charge is 0.504 e. The van der Waals surface area contributed by atoms with Gasteiger partial charge in [-0.2, -0.15) is 0 Å². The summed E-state index contributed by atoms with van der Waals surface area (Å²) < 4.78 is 24.4. The van der Waals surface area contributed by atoms with Crippen LogP contribution in [0.15, 0.2) is 57.5 Å². The van der Waals surface area contributed by atoms with Crippen molar-refractivity contribution in [3.05, 3.63) is 78.5 Å². The topological polar surface area (TPSA) is 109 Å². The number of unbranched alkanes of at least 4 members (excludes halogenated alkanes) is 2. The average molecular weight is 581 g/mol. The summed E-state index contributed by atoms with van der Waals surface area (Å²) in [7, 11) is 3.02. The van der Waals surface area contributed by atoms with E-state index in [0.717, 1.165) is 19.3 Å². The first-order chi connectivity index (χ1) is 19.7. The molecule has 10 heteroatoms. The van der Waals surface area contributed by atoms with Crippen LogP contribution in [0.3, 0.4) is 0 Å². The lowest BCUT2D eigenvalue weighted by Gasteiger charge is -2.26. The maximum absolute atomic E-state index is 13.9. The van der Waals surface area contributed by atoms with Gasteiger partial charge in [-0.25, -0.2) is 9.79 Å². The van der Waals surface area contributed by atoms with E-state index in [1.54, 1.807) is 58.2 Å². The summed E-state index contributed by atoms with van der Waals surface area (Å²) in [4.78, 5) is 32.4. The van der Waals surface area contributed by atoms with Crippen LogP contribution in [0.1, 0.15) is 64.1 Å². The van der Waals surface area contributed by atoms with Gasteiger partial charge in [0, 0.05) is 0 Å². The Morgan fingerprint density at radius 3 is 2.54 bits per heavy atom. The van der Waals surface area contributed by atoms with Crippen molar-refractivity contribution < 1.29 is 28.8 Å². The highest BCUT2D eigenvalue weighted by molar-refractivity contribution is 7.07. The van der Waals surface area contributed by atoms with Gasteiger partial charge in [-0.05, 0) is 68.7 Å². The number of carbonyl (C=O) groups is 1. The average Bonchev–Trinajstić information content (AvgIpc) is 3.24. The first kappa shape index (κ1) is 29.9. The lowest BCUT2D eigenvalue weighted by atomic mass is 9.95. The highest BCUT2D eigenvalue weighted by Gasteiger charge is 2.34. The Balaban J connectivity index is 1.87. The SMILES string of the molecule is CCCCCOc1ccc(C2C(C(=O)OC(C)C)=C(C)N=c3s/c(=C\c4ccc(O)c(OC)c4)c(=O)n32)cc1OC. The summed E-state index contributed by atoms with van der Waals surface area (Å²) in [5.74, 6) is 0.851. The van der Waals surface area contributed by atoms with E-state index in [2.05, 4.69) is 11.9 Å². The number of ether oxygens (including phenoxy) is 4. The second kappa shape index (κ2) is 13.1. The molecule has 0 amide bonds. The van der Waals surface area contributed by atoms with Crippen molar-refractivity contribution in [2.45, 2.75) is 59.1 Å². The van der Waals surface area contributed by atoms with Gasteiger partial charge in [0.2, 0.25) is 0 Å². The van der Waals surface area contributed by atoms with Crippen LogP contribution in [0.2, 0.25) is 0 Å². The van der Waals surface area contributed by atoms with Crippen molar-refractivity contribution in [1.29, 1.82) is 0 Å². The number of aromatic nitrogens is 1. The predicted octanol–water partition coefficient (Wildman–Crippen LogP) is 4.48. The predicted molar refractivity (Wildman–Crippen MR) is 158 cm³/mol. The molecule has 4 rings (SSSR count). The zero-order chi connectivity index (χ0) is 29.7. The lowest BCUT2D eigenvalue weighted by molar-refractivity contribution is -0.143. The Kier molecular flexibility index (Phi) is 9.54. The van der Waals surface area contributed by atoms with Gasteiger partial charge in [0.05, 0.1) is 48.8 Å². The molecule has 0 saturated heterocycles. The van der Waals surface area contributed by atoms with Gasteiger partial charge in [0.15, 0.2) is 27.8 Å². The minimum Gasteiger partial charge on any atom is -0.504 e. The Labute approximate surface area is 243 Å². The number of nitrogens with zero attached hydrogens (tertiary/aromatic N) is 2. The number of hydrogen-bond acceptors (Lipinski definition) is 9. The van der Waals surface area contributed by atoms with Crippen LogP contribution < -0.4 is 29.1 Å². The van der Waals surface area contributed by atoms with Crippen molar-refractivity contribution >= 4 is 23.4 Å². The summed E-state index contributed by atoms with van der Waals surface area (Å²) in [6, 6.07) is 9.48. The number of esters is 1. The van der Waals surface area contributed by atoms with Crippen LogP contribution in [0.4, 0.5) is 0 Å². The van der Waals surface area contributed by atoms with E-state index in [1.807, 2.05) is 6.07 Å². The highest BCUT2D eigenvalue weighted by Crippen LogP contribution is 2.36. The minimum atomic E-state index is -0.794. The number of allylic oxidation sites excluding steroid dienone is 1. The highest BCUT2D eigenvalue weighted by atomic mass is 32.1. The third-order valence-corrected chi connectivity index (χ3v) is 7.58. The van der Waals surface area contributed by atoms with E-state index in [-0.39, 0.29) is 23.0 Å². The number of hydrogen-bond donors (Lipinski definition) is 1. The second-order valence-electron chi connectivity index (χ2n) is 9.93. The number of carbonyl (C=O) groups excluding carboxylic acids is 1. The van der Waals surface area contributed by atoms with E-state index in [9.17, 15) is 14.7 Å². The fourth-order valence-electron chi connectivity index (χ4n) is 4.62. The Bertz CT molecular complexity index is 1630. The summed E-state index contributed by atoms with van der Waals surface area (Å²) in [5.41, 5.74) is 1.77. The molecular weight excluding hydrogens is 544 g/mol. The van der Waals surface area contributed by atoms with E-state index >= 15 is 0 Å². The Morgan fingerprint density at radius 1 is 1.10 bits per heavy atom. The molecule has 0 radical (unpaired) electrons. The number of phenolic OH excluding ortho intramolecular Hbond substituents is 1. The number of phenols is 1. The maximum Gasteiger partial charge on any atom is 0.338 e. The third kappa shape index (κ3) is 6.48. The molecule has 3 aromatic rings. The quantitative estimate of drug-likeness (QED) is 0.263. The van der Waals surface area contributed by atoms with Gasteiger partial charge in [-0.1, -0.05) is 43.2 Å². The van der Waals surface area contributed by atoms with Gasteiger partial charge in [-0.3, -0.25) is 9.36 Å². The molecule has 0 spiro atoms. The van der Waals surface area contributed by atoms with Gasteiger partial charge >= 0.3 is 5.97 Å². The molecule has 1 aliphatic rings. The van der Waals surface area contributed by atoms with Crippen LogP contribution in [-0.2, 0) is 9.53 Å². The van der Waals surface area contributed by atoms with E-state index in [4.69, 9.17) is 18.9 Å². The molecule has 0 bridgehead atoms. The first-order valence-electron chi connectivity index (χ1n) is 13.6. The summed E-state index contributed by atoms with van der Waals surface area (Å²) in [5, 5.41) is 9.97. The van der Waals surface area contributed by atoms with E-state index < -0.39 is 12.0 Å². The van der Waals surface area contributed by atoms with Crippen LogP contribution in [0, 0.1) is 0 Å². The Morgan fingerprint density at radius 2 is 1.85 bits per heavy atom. The molecule has 1 N–H and O–H groups in total. The summed E-state index contributed by atoms with van der Waals surface area (Å²) >= 11 is 1.22. The van der Waals surface area contributed by atoms with Crippen LogP contribution in [-0.4, -0.2) is 42.6 Å². The van der Waals surface area contributed by atoms with E-state index in [0.29, 0.717) is 50.0 Å². The van der Waals surface area contributed by atoms with Crippen LogP contribution in [0.5, 0.6) is 23.0 Å². The fraction of sp³-hybridized carbons (Fsp3) is 0.387. The lowest BCUT2D eigenvalue weighted by Crippen LogP contribution is -2.40. The van der Waals surface area contributed by atoms with Crippen molar-refractivity contribution in [1.82, 2.24) is 4.57 Å². The third-order valence-electron chi connectivity index (χ3n) is 6.59. The molecule has 2 aromatic carbocycles. The minimum absolute atomic E-state index is 0.00165. The normalized spacial score (nSPS) is 15.0. The first-order valence-corrected chi connectivity index (χ1v) is 14.4. The molecule has 2 heterocycles. The molecule has 1 unspecified atom stereocenters. The molecular formula is C31H36N2O7S. The number of benzene rings is 2. The van der Waals surface area contributed by atoms with Crippen molar-refractivity contribution in [2.75, 3.05) is 20.8 Å². The van der Waals surface area contributed by atoms with E-state index in [1.165, 1.54) is 29.1 Å². The molecule has 0 aliphatic carbocycles. The molecule has 0 saturated carbocycles. The molecule has 41 heavy (non-hydrogen) atoms. The molecule has 1 atom stereocenters. The van der Waals surface area contributed by atoms with Crippen molar-refractivity contribution in [3.63, 3.8) is 0 Å². The van der Waals surface area contributed by atoms with Crippen LogP contribution >= 0.6 is 11.3 Å². The zero-order valence-electron chi connectivity index (χ0n) is 24.2. The molecule has 1 aliphatic heterocycles. The number of fused-ring (bicyclic) bond motifs is 1. The van der Waals surface area contributed by atoms with Gasteiger partial charge in [-0.15, -0.1) is 0 Å². The van der Waals surface area contributed by atoms with Crippen LogP contribution in [0.25, 0.3) is 6.08 Å². The van der Waals surface area contributed by atoms with Crippen molar-refractivity contribution in [2.24, 2.45) is 4.99 Å². The molecule has 218 valence electrons. The monoisotopic (exact) mass is 580 g/mol. The number of rotatable bonds is 11. The van der Waals surface area contributed by atoms with Gasteiger partial charge in [0.25, 0.3) is 5.56 Å². The van der Waals surface area contributed by atoms with Gasteiger partial charge in [0.1, 0.15) is 0 Å². The summed E-state index contributed by atoms with van der Waals surface area (Å²) in [6.07, 6.45) is 4.44. The summed E-state index contributed by atoms with van der Waals surface area (Å²) in [6.45, 7) is 7.99. The number of methoxy groups -OCH3 is 2. The molecule has 9 nitrogen and oxygen atoms in total. The molecule has 1 aromatic heterocycles. The second-order valence-corrected chi connectivity index (χ2v) is 10.9. The van der Waals surface area contributed by atoms with Crippen molar-refractivity contribution in [3.8, 4) is 23.0 Å². The maximum atomic E-state index is 13.9. The smallest absolute Gasteiger partial charge is 0.338 e. The van der Waals surface area contributed by atoms with Gasteiger partial charge < -0.3 is 24.1 Å². The number of thiazole rings is 1. The zero-order valence-corrected chi connectivity index (χ0v) is 25.0. The number of aromatic hydroxyl groups is 1. The Hall–Kier alpha value is -4.05. The molecule has 0 fully saturated rings. The fourth-order valence-corrected chi connectivity index (χ4v) is 5.67. The standard InChI is InChI=1S/C31H36N2O7S/c1-7-8-9-14-39-23-13-11-21(17-25(23)38-6)28-27(30(36)40-18(2)3)19(4)32-31-33(28)29(35)26(41-31)16-20-10-12-22(34)24(15-20)37-5/h10-13,15-18,28,34H,7-9,14H2,1-6H3/b26-16-.